The number of halogens is 2. The Bertz CT molecular complexity index is 712. The van der Waals surface area contributed by atoms with E-state index in [2.05, 4.69) is 10.6 Å². The van der Waals surface area contributed by atoms with Gasteiger partial charge in [-0.15, -0.1) is 0 Å². The van der Waals surface area contributed by atoms with Gasteiger partial charge in [0.1, 0.15) is 0 Å². The summed E-state index contributed by atoms with van der Waals surface area (Å²) in [4.78, 5) is 23.1. The second kappa shape index (κ2) is 7.99. The fraction of sp³-hybridized carbons (Fsp3) is 0.176. The van der Waals surface area contributed by atoms with Crippen LogP contribution in [0.2, 0.25) is 10.0 Å². The number of nitrogens with one attached hydrogen (secondary N) is 2. The van der Waals surface area contributed by atoms with E-state index in [1.807, 2.05) is 0 Å². The second-order valence-electron chi connectivity index (χ2n) is 5.01. The van der Waals surface area contributed by atoms with Gasteiger partial charge in [0.15, 0.2) is 0 Å². The molecule has 0 aromatic heterocycles. The lowest BCUT2D eigenvalue weighted by Gasteiger charge is -2.09. The van der Waals surface area contributed by atoms with Crippen LogP contribution in [-0.2, 0) is 16.0 Å². The van der Waals surface area contributed by atoms with Crippen LogP contribution < -0.4 is 10.6 Å². The van der Waals surface area contributed by atoms with Crippen LogP contribution in [0.5, 0.6) is 0 Å². The molecule has 2 aromatic rings. The Morgan fingerprint density at radius 1 is 0.957 bits per heavy atom. The first-order chi connectivity index (χ1) is 11.0. The van der Waals surface area contributed by atoms with E-state index >= 15 is 0 Å². The lowest BCUT2D eigenvalue weighted by Crippen LogP contribution is -2.13. The fourth-order valence-corrected chi connectivity index (χ4v) is 2.70. The smallest absolute Gasteiger partial charge is 0.224 e. The first kappa shape index (κ1) is 17.3. The molecule has 0 aliphatic carbocycles. The third kappa shape index (κ3) is 5.27. The summed E-state index contributed by atoms with van der Waals surface area (Å²) in [5.74, 6) is -0.317. The van der Waals surface area contributed by atoms with E-state index < -0.39 is 0 Å². The summed E-state index contributed by atoms with van der Waals surface area (Å²) in [6.07, 6.45) is 0.712. The van der Waals surface area contributed by atoms with E-state index in [-0.39, 0.29) is 18.2 Å². The average molecular weight is 351 g/mol. The van der Waals surface area contributed by atoms with Crippen molar-refractivity contribution in [2.75, 3.05) is 10.6 Å². The Morgan fingerprint density at radius 3 is 2.13 bits per heavy atom. The molecule has 0 aliphatic heterocycles. The molecular weight excluding hydrogens is 335 g/mol. The largest absolute Gasteiger partial charge is 0.326 e. The van der Waals surface area contributed by atoms with Crippen molar-refractivity contribution in [1.82, 2.24) is 0 Å². The molecule has 0 unspecified atom stereocenters. The standard InChI is InChI=1S/C17H16Cl2N2O2/c1-11(22)20-12-4-2-5-13(10-12)21-17(23)9-8-14-15(18)6-3-7-16(14)19/h2-7,10H,8-9H2,1H3,(H,20,22)(H,21,23). The van der Waals surface area contributed by atoms with E-state index in [1.54, 1.807) is 42.5 Å². The van der Waals surface area contributed by atoms with Gasteiger partial charge in [-0.05, 0) is 42.3 Å². The molecule has 2 aromatic carbocycles. The van der Waals surface area contributed by atoms with E-state index in [4.69, 9.17) is 23.2 Å². The molecule has 2 rings (SSSR count). The van der Waals surface area contributed by atoms with Crippen LogP contribution in [0.1, 0.15) is 18.9 Å². The topological polar surface area (TPSA) is 58.2 Å². The van der Waals surface area contributed by atoms with Gasteiger partial charge in [0.05, 0.1) is 0 Å². The van der Waals surface area contributed by atoms with Gasteiger partial charge < -0.3 is 10.6 Å². The Morgan fingerprint density at radius 2 is 1.52 bits per heavy atom. The lowest BCUT2D eigenvalue weighted by atomic mass is 10.1. The summed E-state index contributed by atoms with van der Waals surface area (Å²) in [5.41, 5.74) is 2.01. The molecule has 0 fully saturated rings. The minimum Gasteiger partial charge on any atom is -0.326 e. The molecule has 0 atom stereocenters. The molecule has 2 amide bonds. The van der Waals surface area contributed by atoms with Gasteiger partial charge in [-0.3, -0.25) is 9.59 Å². The van der Waals surface area contributed by atoms with Crippen molar-refractivity contribution < 1.29 is 9.59 Å². The van der Waals surface area contributed by atoms with Gasteiger partial charge in [0.2, 0.25) is 11.8 Å². The predicted octanol–water partition coefficient (Wildman–Crippen LogP) is 4.52. The molecule has 0 saturated carbocycles. The third-order valence-electron chi connectivity index (χ3n) is 3.13. The maximum Gasteiger partial charge on any atom is 0.224 e. The molecule has 0 radical (unpaired) electrons. The fourth-order valence-electron chi connectivity index (χ4n) is 2.11. The number of amides is 2. The summed E-state index contributed by atoms with van der Waals surface area (Å²) < 4.78 is 0. The van der Waals surface area contributed by atoms with Crippen molar-refractivity contribution in [3.8, 4) is 0 Å². The van der Waals surface area contributed by atoms with Crippen molar-refractivity contribution in [1.29, 1.82) is 0 Å². The van der Waals surface area contributed by atoms with Crippen LogP contribution in [0, 0.1) is 0 Å². The number of carbonyl (C=O) groups is 2. The number of benzene rings is 2. The molecule has 120 valence electrons. The van der Waals surface area contributed by atoms with Crippen LogP contribution >= 0.6 is 23.2 Å². The van der Waals surface area contributed by atoms with Gasteiger partial charge >= 0.3 is 0 Å². The van der Waals surface area contributed by atoms with Crippen molar-refractivity contribution in [3.63, 3.8) is 0 Å². The molecule has 23 heavy (non-hydrogen) atoms. The number of rotatable bonds is 5. The molecular formula is C17H16Cl2N2O2. The average Bonchev–Trinajstić information content (AvgIpc) is 2.46. The summed E-state index contributed by atoms with van der Waals surface area (Å²) >= 11 is 12.2. The summed E-state index contributed by atoms with van der Waals surface area (Å²) in [7, 11) is 0. The zero-order valence-corrected chi connectivity index (χ0v) is 14.0. The van der Waals surface area contributed by atoms with Crippen LogP contribution in [0.4, 0.5) is 11.4 Å². The monoisotopic (exact) mass is 350 g/mol. The van der Waals surface area contributed by atoms with E-state index in [9.17, 15) is 9.59 Å². The number of carbonyl (C=O) groups excluding carboxylic acids is 2. The molecule has 0 bridgehead atoms. The minimum atomic E-state index is -0.165. The Kier molecular flexibility index (Phi) is 6.02. The lowest BCUT2D eigenvalue weighted by molar-refractivity contribution is -0.116. The van der Waals surface area contributed by atoms with Crippen molar-refractivity contribution in [3.05, 3.63) is 58.1 Å². The highest BCUT2D eigenvalue weighted by Gasteiger charge is 2.09. The van der Waals surface area contributed by atoms with Gasteiger partial charge in [-0.25, -0.2) is 0 Å². The van der Waals surface area contributed by atoms with E-state index in [0.29, 0.717) is 27.8 Å². The summed E-state index contributed by atoms with van der Waals surface area (Å²) in [6, 6.07) is 12.2. The van der Waals surface area contributed by atoms with Crippen LogP contribution in [0.25, 0.3) is 0 Å². The third-order valence-corrected chi connectivity index (χ3v) is 3.84. The maximum atomic E-state index is 12.1. The van der Waals surface area contributed by atoms with Crippen molar-refractivity contribution >= 4 is 46.4 Å². The quantitative estimate of drug-likeness (QED) is 0.832. The maximum absolute atomic E-state index is 12.1. The van der Waals surface area contributed by atoms with Crippen LogP contribution in [0.3, 0.4) is 0 Å². The Balaban J connectivity index is 1.96. The highest BCUT2D eigenvalue weighted by molar-refractivity contribution is 6.36. The first-order valence-electron chi connectivity index (χ1n) is 7.06. The van der Waals surface area contributed by atoms with Gasteiger partial charge in [-0.1, -0.05) is 35.3 Å². The molecule has 4 nitrogen and oxygen atoms in total. The molecule has 0 heterocycles. The van der Waals surface area contributed by atoms with Gasteiger partial charge in [0, 0.05) is 34.8 Å². The molecule has 2 N–H and O–H groups in total. The second-order valence-corrected chi connectivity index (χ2v) is 5.82. The molecule has 0 aliphatic rings. The minimum absolute atomic E-state index is 0.152. The van der Waals surface area contributed by atoms with E-state index in [0.717, 1.165) is 5.56 Å². The first-order valence-corrected chi connectivity index (χ1v) is 7.81. The molecule has 0 spiro atoms. The van der Waals surface area contributed by atoms with Gasteiger partial charge in [0.25, 0.3) is 0 Å². The zero-order valence-electron chi connectivity index (χ0n) is 12.5. The summed E-state index contributed by atoms with van der Waals surface area (Å²) in [6.45, 7) is 1.43. The predicted molar refractivity (Wildman–Crippen MR) is 94.2 cm³/mol. The molecule has 6 heteroatoms. The Hall–Kier alpha value is -2.04. The van der Waals surface area contributed by atoms with Crippen LogP contribution in [-0.4, -0.2) is 11.8 Å². The van der Waals surface area contributed by atoms with E-state index in [1.165, 1.54) is 6.92 Å². The summed E-state index contributed by atoms with van der Waals surface area (Å²) in [5, 5.41) is 6.56. The van der Waals surface area contributed by atoms with Crippen molar-refractivity contribution in [2.45, 2.75) is 19.8 Å². The Labute approximate surface area is 144 Å². The molecule has 0 saturated heterocycles. The highest BCUT2D eigenvalue weighted by atomic mass is 35.5. The number of hydrogen-bond donors (Lipinski definition) is 2. The van der Waals surface area contributed by atoms with Gasteiger partial charge in [-0.2, -0.15) is 0 Å². The highest BCUT2D eigenvalue weighted by Crippen LogP contribution is 2.25. The number of anilines is 2. The SMILES string of the molecule is CC(=O)Nc1cccc(NC(=O)CCc2c(Cl)cccc2Cl)c1. The number of hydrogen-bond acceptors (Lipinski definition) is 2. The normalized spacial score (nSPS) is 10.2. The zero-order chi connectivity index (χ0) is 16.8. The van der Waals surface area contributed by atoms with Crippen LogP contribution in [0.15, 0.2) is 42.5 Å². The van der Waals surface area contributed by atoms with Crippen molar-refractivity contribution in [2.24, 2.45) is 0 Å².